The molecular weight excluding hydrogens is 320 g/mol. The Morgan fingerprint density at radius 2 is 2.04 bits per heavy atom. The first-order valence-corrected chi connectivity index (χ1v) is 8.14. The van der Waals surface area contributed by atoms with Crippen molar-refractivity contribution in [2.45, 2.75) is 31.7 Å². The lowest BCUT2D eigenvalue weighted by Gasteiger charge is -2.39. The minimum atomic E-state index is -0.530. The van der Waals surface area contributed by atoms with Crippen LogP contribution in [0.15, 0.2) is 41.1 Å². The summed E-state index contributed by atoms with van der Waals surface area (Å²) in [5, 5.41) is 16.7. The van der Waals surface area contributed by atoms with E-state index in [9.17, 15) is 4.79 Å². The van der Waals surface area contributed by atoms with Gasteiger partial charge in [0.05, 0.1) is 5.69 Å². The number of hydrogen-bond acceptors (Lipinski definition) is 5. The second-order valence-electron chi connectivity index (χ2n) is 6.20. The summed E-state index contributed by atoms with van der Waals surface area (Å²) in [6.07, 6.45) is 4.33. The highest BCUT2D eigenvalue weighted by molar-refractivity contribution is 5.90. The molecule has 0 aliphatic heterocycles. The SMILES string of the molecule is Cc1nc(C2(NC(=O)Nc3ccc(-c4ccn[nH]4)cc3)CCC2)no1. The molecule has 0 spiro atoms. The monoisotopic (exact) mass is 338 g/mol. The molecule has 25 heavy (non-hydrogen) atoms. The van der Waals surface area contributed by atoms with Gasteiger partial charge in [0, 0.05) is 18.8 Å². The lowest BCUT2D eigenvalue weighted by atomic mass is 9.76. The summed E-state index contributed by atoms with van der Waals surface area (Å²) < 4.78 is 5.05. The second kappa shape index (κ2) is 6.04. The van der Waals surface area contributed by atoms with Gasteiger partial charge in [0.15, 0.2) is 5.82 Å². The van der Waals surface area contributed by atoms with Gasteiger partial charge in [-0.15, -0.1) is 0 Å². The standard InChI is InChI=1S/C17H18N6O2/c1-11-19-15(23-25-11)17(8-2-9-17)21-16(24)20-13-5-3-12(4-6-13)14-7-10-18-22-14/h3-7,10H,2,8-9H2,1H3,(H,18,22)(H2,20,21,24). The van der Waals surface area contributed by atoms with E-state index in [1.54, 1.807) is 13.1 Å². The maximum absolute atomic E-state index is 12.4. The number of hydrogen-bond donors (Lipinski definition) is 3. The van der Waals surface area contributed by atoms with Crippen molar-refractivity contribution in [1.82, 2.24) is 25.7 Å². The number of H-pyrrole nitrogens is 1. The van der Waals surface area contributed by atoms with E-state index < -0.39 is 5.54 Å². The zero-order chi connectivity index (χ0) is 17.3. The molecule has 0 unspecified atom stereocenters. The number of urea groups is 1. The molecule has 3 aromatic rings. The van der Waals surface area contributed by atoms with Crippen molar-refractivity contribution in [1.29, 1.82) is 0 Å². The fourth-order valence-corrected chi connectivity index (χ4v) is 2.96. The van der Waals surface area contributed by atoms with Crippen LogP contribution >= 0.6 is 0 Å². The Labute approximate surface area is 144 Å². The molecular formula is C17H18N6O2. The summed E-state index contributed by atoms with van der Waals surface area (Å²) in [5.41, 5.74) is 2.11. The van der Waals surface area contributed by atoms with Crippen molar-refractivity contribution < 1.29 is 9.32 Å². The smallest absolute Gasteiger partial charge is 0.320 e. The first-order chi connectivity index (χ1) is 12.1. The van der Waals surface area contributed by atoms with Crippen LogP contribution in [0.2, 0.25) is 0 Å². The Bertz CT molecular complexity index is 865. The van der Waals surface area contributed by atoms with Crippen LogP contribution in [0.5, 0.6) is 0 Å². The Morgan fingerprint density at radius 1 is 1.24 bits per heavy atom. The lowest BCUT2D eigenvalue weighted by molar-refractivity contribution is 0.171. The van der Waals surface area contributed by atoms with Crippen molar-refractivity contribution in [3.8, 4) is 11.3 Å². The number of aryl methyl sites for hydroxylation is 1. The summed E-state index contributed by atoms with van der Waals surface area (Å²) in [6, 6.07) is 9.15. The van der Waals surface area contributed by atoms with Crippen molar-refractivity contribution in [2.24, 2.45) is 0 Å². The maximum atomic E-state index is 12.4. The van der Waals surface area contributed by atoms with E-state index in [1.807, 2.05) is 30.3 Å². The molecule has 1 fully saturated rings. The van der Waals surface area contributed by atoms with E-state index in [4.69, 9.17) is 4.52 Å². The van der Waals surface area contributed by atoms with Crippen LogP contribution in [0.25, 0.3) is 11.3 Å². The van der Waals surface area contributed by atoms with Crippen LogP contribution < -0.4 is 10.6 Å². The quantitative estimate of drug-likeness (QED) is 0.677. The predicted molar refractivity (Wildman–Crippen MR) is 90.7 cm³/mol. The molecule has 0 saturated heterocycles. The fraction of sp³-hybridized carbons (Fsp3) is 0.294. The van der Waals surface area contributed by atoms with Gasteiger partial charge in [0.2, 0.25) is 5.89 Å². The van der Waals surface area contributed by atoms with Crippen LogP contribution in [-0.4, -0.2) is 26.4 Å². The van der Waals surface area contributed by atoms with Crippen LogP contribution in [-0.2, 0) is 5.54 Å². The normalized spacial score (nSPS) is 15.4. The summed E-state index contributed by atoms with van der Waals surface area (Å²) in [4.78, 5) is 16.7. The van der Waals surface area contributed by atoms with E-state index in [1.165, 1.54) is 0 Å². The number of amides is 2. The molecule has 1 aliphatic carbocycles. The number of nitrogens with one attached hydrogen (secondary N) is 3. The molecule has 0 atom stereocenters. The minimum absolute atomic E-state index is 0.281. The number of aromatic nitrogens is 4. The molecule has 2 aromatic heterocycles. The second-order valence-corrected chi connectivity index (χ2v) is 6.20. The Kier molecular flexibility index (Phi) is 3.72. The molecule has 0 radical (unpaired) electrons. The third-order valence-electron chi connectivity index (χ3n) is 4.47. The highest BCUT2D eigenvalue weighted by Crippen LogP contribution is 2.39. The fourth-order valence-electron chi connectivity index (χ4n) is 2.96. The van der Waals surface area contributed by atoms with Crippen molar-refractivity contribution in [2.75, 3.05) is 5.32 Å². The molecule has 0 bridgehead atoms. The molecule has 128 valence electrons. The van der Waals surface area contributed by atoms with Gasteiger partial charge in [-0.3, -0.25) is 5.10 Å². The molecule has 1 aromatic carbocycles. The molecule has 8 nitrogen and oxygen atoms in total. The van der Waals surface area contributed by atoms with Gasteiger partial charge in [-0.05, 0) is 43.0 Å². The van der Waals surface area contributed by atoms with Gasteiger partial charge in [-0.25, -0.2) is 4.79 Å². The first kappa shape index (κ1) is 15.4. The maximum Gasteiger partial charge on any atom is 0.320 e. The predicted octanol–water partition coefficient (Wildman–Crippen LogP) is 2.97. The number of anilines is 1. The minimum Gasteiger partial charge on any atom is -0.340 e. The van der Waals surface area contributed by atoms with E-state index in [0.29, 0.717) is 17.4 Å². The molecule has 2 heterocycles. The molecule has 2 amide bonds. The van der Waals surface area contributed by atoms with E-state index >= 15 is 0 Å². The largest absolute Gasteiger partial charge is 0.340 e. The van der Waals surface area contributed by atoms with Crippen LogP contribution in [0.1, 0.15) is 31.0 Å². The highest BCUT2D eigenvalue weighted by Gasteiger charge is 2.44. The van der Waals surface area contributed by atoms with E-state index in [-0.39, 0.29) is 6.03 Å². The van der Waals surface area contributed by atoms with Crippen LogP contribution in [0.3, 0.4) is 0 Å². The van der Waals surface area contributed by atoms with Gasteiger partial charge in [-0.1, -0.05) is 17.3 Å². The number of benzene rings is 1. The Hall–Kier alpha value is -3.16. The molecule has 1 saturated carbocycles. The third kappa shape index (κ3) is 2.98. The van der Waals surface area contributed by atoms with Crippen LogP contribution in [0.4, 0.5) is 10.5 Å². The van der Waals surface area contributed by atoms with Crippen molar-refractivity contribution >= 4 is 11.7 Å². The van der Waals surface area contributed by atoms with Gasteiger partial charge < -0.3 is 15.2 Å². The summed E-state index contributed by atoms with van der Waals surface area (Å²) in [5.74, 6) is 1.04. The topological polar surface area (TPSA) is 109 Å². The zero-order valence-corrected chi connectivity index (χ0v) is 13.7. The van der Waals surface area contributed by atoms with Crippen molar-refractivity contribution in [3.05, 3.63) is 48.2 Å². The average Bonchev–Trinajstić information content (AvgIpc) is 3.23. The lowest BCUT2D eigenvalue weighted by Crippen LogP contribution is -2.52. The summed E-state index contributed by atoms with van der Waals surface area (Å²) in [7, 11) is 0. The van der Waals surface area contributed by atoms with Gasteiger partial charge in [-0.2, -0.15) is 10.1 Å². The summed E-state index contributed by atoms with van der Waals surface area (Å²) in [6.45, 7) is 1.74. The number of carbonyl (C=O) groups excluding carboxylic acids is 1. The Morgan fingerprint density at radius 3 is 2.60 bits per heavy atom. The first-order valence-electron chi connectivity index (χ1n) is 8.14. The van der Waals surface area contributed by atoms with Gasteiger partial charge >= 0.3 is 6.03 Å². The van der Waals surface area contributed by atoms with E-state index in [2.05, 4.69) is 31.0 Å². The highest BCUT2D eigenvalue weighted by atomic mass is 16.5. The molecule has 1 aliphatic rings. The Balaban J connectivity index is 1.43. The zero-order valence-electron chi connectivity index (χ0n) is 13.7. The number of nitrogens with zero attached hydrogens (tertiary/aromatic N) is 3. The average molecular weight is 338 g/mol. The molecule has 3 N–H and O–H groups in total. The van der Waals surface area contributed by atoms with Gasteiger partial charge in [0.1, 0.15) is 5.54 Å². The number of aromatic amines is 1. The molecule has 8 heteroatoms. The van der Waals surface area contributed by atoms with E-state index in [0.717, 1.165) is 30.5 Å². The third-order valence-corrected chi connectivity index (χ3v) is 4.47. The summed E-state index contributed by atoms with van der Waals surface area (Å²) >= 11 is 0. The number of rotatable bonds is 4. The molecule has 4 rings (SSSR count). The van der Waals surface area contributed by atoms with Crippen molar-refractivity contribution in [3.63, 3.8) is 0 Å². The number of carbonyl (C=O) groups is 1. The van der Waals surface area contributed by atoms with Gasteiger partial charge in [0.25, 0.3) is 0 Å². The van der Waals surface area contributed by atoms with Crippen LogP contribution in [0, 0.1) is 6.92 Å².